The van der Waals surface area contributed by atoms with Crippen molar-refractivity contribution in [3.8, 4) is 0 Å². The Labute approximate surface area is 80.5 Å². The van der Waals surface area contributed by atoms with Crippen LogP contribution in [0.25, 0.3) is 0 Å². The zero-order valence-electron chi connectivity index (χ0n) is 3.55. The first-order chi connectivity index (χ1) is 1.73. The molecule has 0 bridgehead atoms. The summed E-state index contributed by atoms with van der Waals surface area (Å²) in [4.78, 5) is 8.33. The zero-order valence-corrected chi connectivity index (χ0v) is 11.6. The van der Waals surface area contributed by atoms with Crippen LogP contribution in [0.4, 0.5) is 4.79 Å². The van der Waals surface area contributed by atoms with Crippen LogP contribution < -0.4 is 10.2 Å². The summed E-state index contributed by atoms with van der Waals surface area (Å²) in [6.07, 6.45) is -2.33. The van der Waals surface area contributed by atoms with Crippen molar-refractivity contribution in [2.75, 3.05) is 0 Å². The minimum absolute atomic E-state index is 0. The molecule has 0 rings (SSSR count). The first-order valence-electron chi connectivity index (χ1n) is 0.612. The molecule has 0 fully saturated rings. The number of hydrogen-bond acceptors (Lipinski definition) is 3. The van der Waals surface area contributed by atoms with Crippen molar-refractivity contribution < 1.29 is 75.1 Å². The smallest absolute Gasteiger partial charge is 2.00 e. The predicted molar refractivity (Wildman–Crippen MR) is 6.08 cm³/mol. The Balaban J connectivity index is -0.0000000150. The van der Waals surface area contributed by atoms with Gasteiger partial charge in [-0.25, -0.2) is 0 Å². The molecule has 6 heteroatoms. The third-order valence-corrected chi connectivity index (χ3v) is 0. The Morgan fingerprint density at radius 1 is 1.14 bits per heavy atom. The minimum Gasteiger partial charge on any atom is -2.00 e. The molecule has 0 aliphatic rings. The van der Waals surface area contributed by atoms with E-state index in [1.165, 1.54) is 0 Å². The SMILES string of the molecule is O=C([O-])[O-].[Cd+2].[Cd+2].[O-2]. The molecule has 7 heavy (non-hydrogen) atoms. The van der Waals surface area contributed by atoms with Crippen LogP contribution in [0, 0.1) is 0 Å². The van der Waals surface area contributed by atoms with Crippen molar-refractivity contribution in [2.24, 2.45) is 0 Å². The van der Waals surface area contributed by atoms with E-state index < -0.39 is 6.16 Å². The van der Waals surface area contributed by atoms with Crippen LogP contribution in [-0.4, -0.2) is 6.16 Å². The van der Waals surface area contributed by atoms with E-state index in [0.29, 0.717) is 0 Å². The molecule has 0 aromatic carbocycles. The van der Waals surface area contributed by atoms with Gasteiger partial charge in [0, 0.05) is 0 Å². The Kier molecular flexibility index (Phi) is 54.7. The third-order valence-electron chi connectivity index (χ3n) is 0. The summed E-state index contributed by atoms with van der Waals surface area (Å²) in [7, 11) is 0. The molecule has 4 nitrogen and oxygen atoms in total. The molecule has 0 amide bonds. The Hall–Kier alpha value is 1.07. The summed E-state index contributed by atoms with van der Waals surface area (Å²) < 4.78 is 0. The summed E-state index contributed by atoms with van der Waals surface area (Å²) in [5, 5.41) is 16.7. The summed E-state index contributed by atoms with van der Waals surface area (Å²) in [5.74, 6) is 0. The summed E-state index contributed by atoms with van der Waals surface area (Å²) in [6.45, 7) is 0. The average molecular weight is 301 g/mol. The van der Waals surface area contributed by atoms with Gasteiger partial charge < -0.3 is 20.5 Å². The molecule has 0 saturated heterocycles. The second-order valence-electron chi connectivity index (χ2n) is 0.250. The first-order valence-corrected chi connectivity index (χ1v) is 0.612. The summed E-state index contributed by atoms with van der Waals surface area (Å²) in [6, 6.07) is 0. The van der Waals surface area contributed by atoms with Crippen molar-refractivity contribution >= 4 is 6.16 Å². The number of carbonyl (C=O) groups is 1. The molecule has 0 spiro atoms. The van der Waals surface area contributed by atoms with Gasteiger partial charge in [0.2, 0.25) is 0 Å². The molecule has 0 aliphatic heterocycles. The van der Waals surface area contributed by atoms with Gasteiger partial charge in [0.05, 0.1) is 0 Å². The van der Waals surface area contributed by atoms with Gasteiger partial charge in [-0.2, -0.15) is 0 Å². The van der Waals surface area contributed by atoms with Crippen molar-refractivity contribution in [2.45, 2.75) is 0 Å². The average Bonchev–Trinajstić information content (AvgIpc) is 0.811. The van der Waals surface area contributed by atoms with Gasteiger partial charge >= 0.3 is 54.6 Å². The number of carboxylic acid groups (broad SMARTS) is 2. The maximum atomic E-state index is 8.33. The monoisotopic (exact) mass is 304 g/mol. The Morgan fingerprint density at radius 2 is 1.14 bits per heavy atom. The molecule has 0 N–H and O–H groups in total. The quantitative estimate of drug-likeness (QED) is 0.460. The molecule has 0 aliphatic carbocycles. The number of carbonyl (C=O) groups excluding carboxylic acids is 1. The van der Waals surface area contributed by atoms with Crippen LogP contribution in [0.3, 0.4) is 0 Å². The van der Waals surface area contributed by atoms with E-state index in [4.69, 9.17) is 15.0 Å². The fourth-order valence-corrected chi connectivity index (χ4v) is 0. The fraction of sp³-hybridized carbons (Fsp3) is 0. The van der Waals surface area contributed by atoms with Crippen molar-refractivity contribution in [3.63, 3.8) is 0 Å². The molecule has 0 radical (unpaired) electrons. The van der Waals surface area contributed by atoms with Gasteiger partial charge in [-0.3, -0.25) is 0 Å². The standard InChI is InChI=1S/CH2O3.2Cd.O/c2-1(3)4;;;/h(H2,2,3,4);;;/q;2*+2;-2/p-2. The number of hydrogen-bond donors (Lipinski definition) is 0. The van der Waals surface area contributed by atoms with Gasteiger partial charge in [0.15, 0.2) is 0 Å². The molecule has 0 saturated carbocycles. The van der Waals surface area contributed by atoms with Gasteiger partial charge in [-0.05, 0) is 6.16 Å². The van der Waals surface area contributed by atoms with Crippen LogP contribution in [0.15, 0.2) is 0 Å². The van der Waals surface area contributed by atoms with Crippen molar-refractivity contribution in [1.82, 2.24) is 0 Å². The second-order valence-corrected chi connectivity index (χ2v) is 0.250. The largest absolute Gasteiger partial charge is 2.00 e. The minimum atomic E-state index is -2.33. The maximum absolute atomic E-state index is 8.33. The van der Waals surface area contributed by atoms with Crippen molar-refractivity contribution in [3.05, 3.63) is 0 Å². The van der Waals surface area contributed by atoms with E-state index >= 15 is 0 Å². The van der Waals surface area contributed by atoms with Gasteiger partial charge in [-0.15, -0.1) is 0 Å². The predicted octanol–water partition coefficient (Wildman–Crippen LogP) is -2.57. The molecular weight excluding hydrogens is 301 g/mol. The zero-order chi connectivity index (χ0) is 3.58. The third kappa shape index (κ3) is 158. The van der Waals surface area contributed by atoms with Crippen LogP contribution in [0.2, 0.25) is 0 Å². The first kappa shape index (κ1) is 24.3. The molecule has 0 aromatic heterocycles. The summed E-state index contributed by atoms with van der Waals surface area (Å²) in [5.41, 5.74) is 0. The van der Waals surface area contributed by atoms with E-state index in [-0.39, 0.29) is 60.1 Å². The molecule has 0 aromatic rings. The summed E-state index contributed by atoms with van der Waals surface area (Å²) >= 11 is 0. The molecule has 0 heterocycles. The van der Waals surface area contributed by atoms with Gasteiger partial charge in [-0.1, -0.05) is 0 Å². The molecule has 0 atom stereocenters. The second kappa shape index (κ2) is 15.7. The molecule has 0 unspecified atom stereocenters. The van der Waals surface area contributed by atoms with E-state index in [1.807, 2.05) is 0 Å². The van der Waals surface area contributed by atoms with E-state index in [0.717, 1.165) is 0 Å². The van der Waals surface area contributed by atoms with Crippen LogP contribution in [0.1, 0.15) is 0 Å². The van der Waals surface area contributed by atoms with Crippen LogP contribution >= 0.6 is 0 Å². The Morgan fingerprint density at radius 3 is 1.14 bits per heavy atom. The topological polar surface area (TPSA) is 91.7 Å². The molecular formula is CCd2O4. The normalized spacial score (nSPS) is 3.43. The van der Waals surface area contributed by atoms with E-state index in [9.17, 15) is 0 Å². The Bertz CT molecular complexity index is 32.7. The van der Waals surface area contributed by atoms with E-state index in [2.05, 4.69) is 0 Å². The number of rotatable bonds is 0. The van der Waals surface area contributed by atoms with Crippen LogP contribution in [-0.2, 0) is 60.1 Å². The van der Waals surface area contributed by atoms with E-state index in [1.54, 1.807) is 0 Å². The fourth-order valence-electron chi connectivity index (χ4n) is 0. The van der Waals surface area contributed by atoms with Crippen LogP contribution in [0.5, 0.6) is 0 Å². The van der Waals surface area contributed by atoms with Gasteiger partial charge in [0.1, 0.15) is 0 Å². The molecule has 32 valence electrons. The maximum Gasteiger partial charge on any atom is 2.00 e. The van der Waals surface area contributed by atoms with Crippen molar-refractivity contribution in [1.29, 1.82) is 0 Å². The van der Waals surface area contributed by atoms with Gasteiger partial charge in [0.25, 0.3) is 0 Å².